The van der Waals surface area contributed by atoms with Gasteiger partial charge in [0.15, 0.2) is 5.28 Å². The molecule has 0 aliphatic rings. The van der Waals surface area contributed by atoms with Crippen LogP contribution in [0.3, 0.4) is 0 Å². The molecule has 12 heteroatoms. The monoisotopic (exact) mass is 410 g/mol. The summed E-state index contributed by atoms with van der Waals surface area (Å²) >= 11 is 0. The number of amides is 2. The molecule has 0 aliphatic heterocycles. The Labute approximate surface area is 158 Å². The van der Waals surface area contributed by atoms with Crippen LogP contribution < -0.4 is 22.1 Å². The number of carboxylic acids is 1. The van der Waals surface area contributed by atoms with Gasteiger partial charge in [0.1, 0.15) is 6.04 Å². The molecule has 11 nitrogen and oxygen atoms in total. The number of carboxylic acid groups (broad SMARTS) is 1. The van der Waals surface area contributed by atoms with Crippen LogP contribution in [-0.4, -0.2) is 56.1 Å². The van der Waals surface area contributed by atoms with Gasteiger partial charge >= 0.3 is 13.6 Å². The van der Waals surface area contributed by atoms with Crippen molar-refractivity contribution in [3.63, 3.8) is 0 Å². The Bertz CT molecular complexity index is 581. The Morgan fingerprint density at radius 1 is 1.07 bits per heavy atom. The molecule has 2 unspecified atom stereocenters. The second kappa shape index (κ2) is 10.7. The zero-order valence-corrected chi connectivity index (χ0v) is 16.7. The quantitative estimate of drug-likeness (QED) is 0.201. The van der Waals surface area contributed by atoms with E-state index < -0.39 is 55.2 Å². The van der Waals surface area contributed by atoms with Crippen LogP contribution in [0.5, 0.6) is 0 Å². The van der Waals surface area contributed by atoms with Gasteiger partial charge < -0.3 is 37.0 Å². The molecule has 0 fully saturated rings. The third-order valence-electron chi connectivity index (χ3n) is 4.18. The summed E-state index contributed by atoms with van der Waals surface area (Å²) in [6.45, 7) is 4.77. The van der Waals surface area contributed by atoms with Crippen LogP contribution in [0, 0.1) is 0 Å². The number of nitrogens with one attached hydrogen (secondary N) is 2. The summed E-state index contributed by atoms with van der Waals surface area (Å²) in [5, 5.41) is 11.1. The molecular weight excluding hydrogens is 379 g/mol. The highest BCUT2D eigenvalue weighted by molar-refractivity contribution is 7.53. The summed E-state index contributed by atoms with van der Waals surface area (Å²) in [5.74, 6) is -3.06. The van der Waals surface area contributed by atoms with Gasteiger partial charge in [-0.3, -0.25) is 18.9 Å². The summed E-state index contributed by atoms with van der Waals surface area (Å²) in [4.78, 5) is 55.3. The number of aliphatic carboxylic acids is 1. The molecule has 0 heterocycles. The largest absolute Gasteiger partial charge is 0.481 e. The summed E-state index contributed by atoms with van der Waals surface area (Å²) in [5.41, 5.74) is 11.4. The minimum atomic E-state index is -5.17. The maximum absolute atomic E-state index is 12.6. The van der Waals surface area contributed by atoms with Crippen molar-refractivity contribution >= 4 is 25.4 Å². The van der Waals surface area contributed by atoms with Crippen molar-refractivity contribution in [2.45, 2.75) is 76.3 Å². The Balaban J connectivity index is 5.65. The molecule has 0 aromatic heterocycles. The fraction of sp³-hybridized carbons (Fsp3) is 0.800. The molecule has 27 heavy (non-hydrogen) atoms. The zero-order valence-electron chi connectivity index (χ0n) is 15.8. The highest BCUT2D eigenvalue weighted by Gasteiger charge is 2.53. The van der Waals surface area contributed by atoms with Crippen LogP contribution in [0.15, 0.2) is 0 Å². The molecule has 0 aromatic rings. The van der Waals surface area contributed by atoms with E-state index in [9.17, 15) is 28.7 Å². The summed E-state index contributed by atoms with van der Waals surface area (Å²) < 4.78 is 12.0. The van der Waals surface area contributed by atoms with Gasteiger partial charge in [-0.1, -0.05) is 26.7 Å². The first-order chi connectivity index (χ1) is 12.3. The molecule has 0 rings (SSSR count). The predicted octanol–water partition coefficient (Wildman–Crippen LogP) is -0.789. The van der Waals surface area contributed by atoms with Crippen molar-refractivity contribution in [2.75, 3.05) is 0 Å². The molecule has 9 N–H and O–H groups in total. The van der Waals surface area contributed by atoms with Gasteiger partial charge in [-0.05, 0) is 19.8 Å². The van der Waals surface area contributed by atoms with E-state index >= 15 is 0 Å². The van der Waals surface area contributed by atoms with Gasteiger partial charge in [-0.2, -0.15) is 0 Å². The Morgan fingerprint density at radius 2 is 1.59 bits per heavy atom. The number of hydrogen-bond donors (Lipinski definition) is 7. The predicted molar refractivity (Wildman–Crippen MR) is 98.5 cm³/mol. The number of carbonyl (C=O) groups is 3. The zero-order chi connectivity index (χ0) is 21.4. The lowest BCUT2D eigenvalue weighted by Gasteiger charge is -2.38. The van der Waals surface area contributed by atoms with E-state index in [1.165, 1.54) is 6.92 Å². The Hall–Kier alpha value is -1.52. The second-order valence-electron chi connectivity index (χ2n) is 6.56. The molecule has 4 atom stereocenters. The molecule has 0 radical (unpaired) electrons. The number of rotatable bonds is 12. The van der Waals surface area contributed by atoms with E-state index in [4.69, 9.17) is 16.6 Å². The summed E-state index contributed by atoms with van der Waals surface area (Å²) in [6.07, 6.45) is 0.616. The van der Waals surface area contributed by atoms with Crippen LogP contribution in [-0.2, 0) is 18.9 Å². The standard InChI is InChI=1S/C15H31N4O7P/c1-4-6-10(17)13(22)18-11(7-5-2)14(23)19-15(9(3)16,8-12(20)21)27(24,25)26/h9-11H,4-8,16-17H2,1-3H3,(H,18,22)(H,19,23)(H,20,21)(H2,24,25,26)/t9?,10-,11-,15?/m0/s1. The van der Waals surface area contributed by atoms with Crippen LogP contribution in [0.25, 0.3) is 0 Å². The van der Waals surface area contributed by atoms with Crippen LogP contribution in [0.2, 0.25) is 0 Å². The first kappa shape index (κ1) is 25.5. The highest BCUT2D eigenvalue weighted by atomic mass is 31.2. The van der Waals surface area contributed by atoms with Crippen LogP contribution in [0.1, 0.15) is 52.9 Å². The Kier molecular flexibility index (Phi) is 10.1. The van der Waals surface area contributed by atoms with Crippen LogP contribution in [0.4, 0.5) is 0 Å². The number of hydrogen-bond acceptors (Lipinski definition) is 6. The lowest BCUT2D eigenvalue weighted by atomic mass is 10.0. The molecular formula is C15H31N4O7P. The van der Waals surface area contributed by atoms with Crippen molar-refractivity contribution in [1.29, 1.82) is 0 Å². The average Bonchev–Trinajstić information content (AvgIpc) is 2.51. The second-order valence-corrected chi connectivity index (χ2v) is 8.45. The highest BCUT2D eigenvalue weighted by Crippen LogP contribution is 2.52. The van der Waals surface area contributed by atoms with E-state index in [0.29, 0.717) is 19.3 Å². The number of carbonyl (C=O) groups excluding carboxylic acids is 2. The van der Waals surface area contributed by atoms with E-state index in [1.807, 2.05) is 6.92 Å². The molecule has 0 spiro atoms. The van der Waals surface area contributed by atoms with Gasteiger partial charge in [-0.15, -0.1) is 0 Å². The first-order valence-electron chi connectivity index (χ1n) is 8.73. The fourth-order valence-corrected chi connectivity index (χ4v) is 3.70. The van der Waals surface area contributed by atoms with Gasteiger partial charge in [0.25, 0.3) is 0 Å². The third-order valence-corrected chi connectivity index (χ3v) is 5.90. The normalized spacial score (nSPS) is 17.3. The molecule has 2 amide bonds. The van der Waals surface area contributed by atoms with E-state index in [-0.39, 0.29) is 6.42 Å². The molecule has 0 saturated heterocycles. The molecule has 0 bridgehead atoms. The lowest BCUT2D eigenvalue weighted by molar-refractivity contribution is -0.139. The van der Waals surface area contributed by atoms with Crippen molar-refractivity contribution in [3.8, 4) is 0 Å². The van der Waals surface area contributed by atoms with Gasteiger partial charge in [-0.25, -0.2) is 0 Å². The van der Waals surface area contributed by atoms with Gasteiger partial charge in [0, 0.05) is 6.04 Å². The SMILES string of the molecule is CCC[C@H](NC(=O)[C@@H](N)CCC)C(=O)NC(CC(=O)O)(C(C)N)P(=O)(O)O. The maximum Gasteiger partial charge on any atom is 0.352 e. The third kappa shape index (κ3) is 7.19. The molecule has 158 valence electrons. The van der Waals surface area contributed by atoms with E-state index in [2.05, 4.69) is 10.6 Å². The van der Waals surface area contributed by atoms with E-state index in [0.717, 1.165) is 0 Å². The lowest BCUT2D eigenvalue weighted by Crippen LogP contribution is -2.63. The fourth-order valence-electron chi connectivity index (χ4n) is 2.57. The van der Waals surface area contributed by atoms with Gasteiger partial charge in [0.05, 0.1) is 12.5 Å². The summed E-state index contributed by atoms with van der Waals surface area (Å²) in [7, 11) is -5.17. The molecule has 0 saturated carbocycles. The van der Waals surface area contributed by atoms with Gasteiger partial charge in [0.2, 0.25) is 11.8 Å². The smallest absolute Gasteiger partial charge is 0.352 e. The average molecular weight is 410 g/mol. The van der Waals surface area contributed by atoms with Crippen molar-refractivity contribution in [3.05, 3.63) is 0 Å². The minimum Gasteiger partial charge on any atom is -0.481 e. The topological polar surface area (TPSA) is 205 Å². The van der Waals surface area contributed by atoms with Crippen molar-refractivity contribution in [1.82, 2.24) is 10.6 Å². The minimum absolute atomic E-state index is 0.166. The summed E-state index contributed by atoms with van der Waals surface area (Å²) in [6, 6.07) is -3.34. The van der Waals surface area contributed by atoms with Crippen molar-refractivity contribution < 1.29 is 33.8 Å². The number of nitrogens with two attached hydrogens (primary N) is 2. The molecule has 0 aliphatic carbocycles. The van der Waals surface area contributed by atoms with Crippen LogP contribution >= 0.6 is 7.60 Å². The van der Waals surface area contributed by atoms with E-state index in [1.54, 1.807) is 6.92 Å². The maximum atomic E-state index is 12.6. The first-order valence-corrected chi connectivity index (χ1v) is 10.3. The van der Waals surface area contributed by atoms with Crippen molar-refractivity contribution in [2.24, 2.45) is 11.5 Å². The molecule has 0 aromatic carbocycles. The Morgan fingerprint density at radius 3 is 1.96 bits per heavy atom.